The first kappa shape index (κ1) is 10.3. The van der Waals surface area contributed by atoms with Crippen molar-refractivity contribution < 1.29 is 0 Å². The first-order valence-corrected chi connectivity index (χ1v) is 4.16. The summed E-state index contributed by atoms with van der Waals surface area (Å²) >= 11 is 5.83. The van der Waals surface area contributed by atoms with Crippen LogP contribution in [0, 0.1) is 6.92 Å². The van der Waals surface area contributed by atoms with Crippen LogP contribution in [-0.2, 0) is 0 Å². The normalized spacial score (nSPS) is 9.69. The maximum absolute atomic E-state index is 5.83. The summed E-state index contributed by atoms with van der Waals surface area (Å²) in [6.07, 6.45) is 0. The van der Waals surface area contributed by atoms with E-state index >= 15 is 0 Å². The smallest absolute Gasteiger partial charge is 0.0706 e. The van der Waals surface area contributed by atoms with Crippen molar-refractivity contribution in [1.82, 2.24) is 4.98 Å². The number of aromatic nitrogens is 1. The minimum Gasteiger partial charge on any atom is -0.253 e. The zero-order valence-electron chi connectivity index (χ0n) is 7.12. The Hall–Kier alpha value is -0.790. The van der Waals surface area contributed by atoms with Crippen LogP contribution in [0.3, 0.4) is 0 Å². The Kier molecular flexibility index (Phi) is 3.12. The Morgan fingerprint density at radius 1 is 1.15 bits per heavy atom. The largest absolute Gasteiger partial charge is 0.253 e. The fourth-order valence-electron chi connectivity index (χ4n) is 1.20. The van der Waals surface area contributed by atoms with Crippen LogP contribution >= 0.6 is 24.0 Å². The predicted octanol–water partition coefficient (Wildman–Crippen LogP) is 3.62. The fraction of sp³-hybridized carbons (Fsp3) is 0.100. The number of benzene rings is 1. The lowest BCUT2D eigenvalue weighted by atomic mass is 10.2. The second-order valence-electron chi connectivity index (χ2n) is 2.79. The van der Waals surface area contributed by atoms with Crippen molar-refractivity contribution in [2.45, 2.75) is 6.92 Å². The van der Waals surface area contributed by atoms with E-state index in [-0.39, 0.29) is 12.4 Å². The first-order chi connectivity index (χ1) is 5.75. The minimum absolute atomic E-state index is 0. The van der Waals surface area contributed by atoms with Gasteiger partial charge in [0.15, 0.2) is 0 Å². The van der Waals surface area contributed by atoms with Gasteiger partial charge >= 0.3 is 0 Å². The second kappa shape index (κ2) is 3.95. The minimum atomic E-state index is 0. The molecule has 1 heterocycles. The standard InChI is InChI=1S/C10H8ClN.ClH/c1-7-2-3-8-6-9(11)4-5-10(8)12-7;/h2-6H,1H3;1H. The molecule has 0 spiro atoms. The van der Waals surface area contributed by atoms with Crippen LogP contribution in [0.1, 0.15) is 5.69 Å². The van der Waals surface area contributed by atoms with Crippen molar-refractivity contribution in [3.63, 3.8) is 0 Å². The monoisotopic (exact) mass is 213 g/mol. The molecule has 1 aromatic carbocycles. The molecule has 1 aromatic heterocycles. The highest BCUT2D eigenvalue weighted by Gasteiger charge is 1.95. The van der Waals surface area contributed by atoms with E-state index in [1.807, 2.05) is 37.3 Å². The molecule has 0 aliphatic carbocycles. The number of hydrogen-bond acceptors (Lipinski definition) is 1. The third-order valence-corrected chi connectivity index (χ3v) is 2.03. The lowest BCUT2D eigenvalue weighted by molar-refractivity contribution is 1.26. The third kappa shape index (κ3) is 2.11. The van der Waals surface area contributed by atoms with Crippen LogP contribution in [0.25, 0.3) is 10.9 Å². The van der Waals surface area contributed by atoms with E-state index in [0.717, 1.165) is 21.6 Å². The third-order valence-electron chi connectivity index (χ3n) is 1.79. The molecule has 3 heteroatoms. The number of nitrogens with zero attached hydrogens (tertiary/aromatic N) is 1. The molecule has 0 saturated heterocycles. The summed E-state index contributed by atoms with van der Waals surface area (Å²) in [6, 6.07) is 9.73. The first-order valence-electron chi connectivity index (χ1n) is 3.78. The zero-order chi connectivity index (χ0) is 8.55. The maximum atomic E-state index is 5.83. The summed E-state index contributed by atoms with van der Waals surface area (Å²) in [6.45, 7) is 1.98. The van der Waals surface area contributed by atoms with Crippen LogP contribution in [0.15, 0.2) is 30.3 Å². The highest BCUT2D eigenvalue weighted by atomic mass is 35.5. The van der Waals surface area contributed by atoms with E-state index in [1.54, 1.807) is 0 Å². The van der Waals surface area contributed by atoms with Crippen LogP contribution in [0.2, 0.25) is 5.02 Å². The Morgan fingerprint density at radius 3 is 2.69 bits per heavy atom. The molecule has 0 radical (unpaired) electrons. The van der Waals surface area contributed by atoms with Crippen molar-refractivity contribution in [3.05, 3.63) is 41.0 Å². The van der Waals surface area contributed by atoms with Gasteiger partial charge in [-0.3, -0.25) is 4.98 Å². The molecule has 0 unspecified atom stereocenters. The molecule has 0 atom stereocenters. The van der Waals surface area contributed by atoms with Crippen molar-refractivity contribution >= 4 is 34.9 Å². The molecule has 0 N–H and O–H groups in total. The number of aryl methyl sites for hydroxylation is 1. The molecule has 0 fully saturated rings. The number of hydrogen-bond donors (Lipinski definition) is 0. The number of halogens is 2. The molecule has 2 rings (SSSR count). The van der Waals surface area contributed by atoms with Crippen LogP contribution in [0.5, 0.6) is 0 Å². The van der Waals surface area contributed by atoms with Crippen LogP contribution in [0.4, 0.5) is 0 Å². The Morgan fingerprint density at radius 2 is 1.92 bits per heavy atom. The van der Waals surface area contributed by atoms with E-state index in [1.165, 1.54) is 0 Å². The SMILES string of the molecule is Cc1ccc2cc(Cl)ccc2n1.Cl. The summed E-state index contributed by atoms with van der Waals surface area (Å²) in [5.41, 5.74) is 2.03. The van der Waals surface area contributed by atoms with Gasteiger partial charge in [-0.15, -0.1) is 12.4 Å². The molecule has 0 aliphatic heterocycles. The van der Waals surface area contributed by atoms with Gasteiger partial charge in [0.25, 0.3) is 0 Å². The van der Waals surface area contributed by atoms with Gasteiger partial charge in [-0.2, -0.15) is 0 Å². The summed E-state index contributed by atoms with van der Waals surface area (Å²) in [5, 5.41) is 1.85. The highest BCUT2D eigenvalue weighted by molar-refractivity contribution is 6.31. The molecule has 1 nitrogen and oxygen atoms in total. The molecule has 0 aliphatic rings. The summed E-state index contributed by atoms with van der Waals surface area (Å²) in [5.74, 6) is 0. The van der Waals surface area contributed by atoms with E-state index < -0.39 is 0 Å². The zero-order valence-corrected chi connectivity index (χ0v) is 8.69. The molecular formula is C10H9Cl2N. The molecule has 0 saturated carbocycles. The van der Waals surface area contributed by atoms with Crippen molar-refractivity contribution in [3.8, 4) is 0 Å². The van der Waals surface area contributed by atoms with Crippen molar-refractivity contribution in [1.29, 1.82) is 0 Å². The fourth-order valence-corrected chi connectivity index (χ4v) is 1.38. The van der Waals surface area contributed by atoms with Crippen LogP contribution < -0.4 is 0 Å². The topological polar surface area (TPSA) is 12.9 Å². The van der Waals surface area contributed by atoms with Gasteiger partial charge < -0.3 is 0 Å². The van der Waals surface area contributed by atoms with Crippen LogP contribution in [-0.4, -0.2) is 4.98 Å². The Bertz CT molecular complexity index is 385. The van der Waals surface area contributed by atoms with Gasteiger partial charge in [0.1, 0.15) is 0 Å². The van der Waals surface area contributed by atoms with Gasteiger partial charge in [0, 0.05) is 16.1 Å². The van der Waals surface area contributed by atoms with E-state index in [2.05, 4.69) is 4.98 Å². The quantitative estimate of drug-likeness (QED) is 0.652. The highest BCUT2D eigenvalue weighted by Crippen LogP contribution is 2.17. The van der Waals surface area contributed by atoms with Gasteiger partial charge in [0.2, 0.25) is 0 Å². The molecule has 2 aromatic rings. The summed E-state index contributed by atoms with van der Waals surface area (Å²) < 4.78 is 0. The van der Waals surface area contributed by atoms with Crippen molar-refractivity contribution in [2.75, 3.05) is 0 Å². The number of pyridine rings is 1. The number of fused-ring (bicyclic) bond motifs is 1. The van der Waals surface area contributed by atoms with E-state index in [9.17, 15) is 0 Å². The van der Waals surface area contributed by atoms with Gasteiger partial charge in [-0.1, -0.05) is 17.7 Å². The molecule has 0 bridgehead atoms. The molecule has 0 amide bonds. The summed E-state index contributed by atoms with van der Waals surface area (Å²) in [7, 11) is 0. The molecular weight excluding hydrogens is 205 g/mol. The maximum Gasteiger partial charge on any atom is 0.0706 e. The van der Waals surface area contributed by atoms with Gasteiger partial charge in [0.05, 0.1) is 5.52 Å². The average molecular weight is 214 g/mol. The second-order valence-corrected chi connectivity index (χ2v) is 3.23. The van der Waals surface area contributed by atoms with E-state index in [0.29, 0.717) is 0 Å². The van der Waals surface area contributed by atoms with Gasteiger partial charge in [-0.05, 0) is 31.2 Å². The predicted molar refractivity (Wildman–Crippen MR) is 58.7 cm³/mol. The Balaban J connectivity index is 0.000000845. The van der Waals surface area contributed by atoms with Crippen molar-refractivity contribution in [2.24, 2.45) is 0 Å². The molecule has 13 heavy (non-hydrogen) atoms. The number of rotatable bonds is 0. The lowest BCUT2D eigenvalue weighted by Gasteiger charge is -1.98. The summed E-state index contributed by atoms with van der Waals surface area (Å²) in [4.78, 5) is 4.36. The average Bonchev–Trinajstić information content (AvgIpc) is 2.05. The lowest BCUT2D eigenvalue weighted by Crippen LogP contribution is -1.81. The van der Waals surface area contributed by atoms with Gasteiger partial charge in [-0.25, -0.2) is 0 Å². The molecule has 68 valence electrons. The Labute approximate surface area is 88.2 Å². The van der Waals surface area contributed by atoms with E-state index in [4.69, 9.17) is 11.6 Å².